The van der Waals surface area contributed by atoms with Crippen LogP contribution in [0.2, 0.25) is 0 Å². The van der Waals surface area contributed by atoms with Crippen LogP contribution in [0.5, 0.6) is 11.5 Å². The first-order chi connectivity index (χ1) is 16.9. The Bertz CT molecular complexity index is 1490. The number of aromatic nitrogens is 4. The van der Waals surface area contributed by atoms with Crippen LogP contribution >= 0.6 is 0 Å². The molecule has 1 aliphatic rings. The van der Waals surface area contributed by atoms with E-state index in [1.54, 1.807) is 25.3 Å². The zero-order valence-corrected chi connectivity index (χ0v) is 19.2. The number of pyridine rings is 2. The summed E-state index contributed by atoms with van der Waals surface area (Å²) in [6, 6.07) is 6.06. The second-order valence-electron chi connectivity index (χ2n) is 8.34. The van der Waals surface area contributed by atoms with Gasteiger partial charge in [-0.25, -0.2) is 14.2 Å². The van der Waals surface area contributed by atoms with Gasteiger partial charge in [0, 0.05) is 30.6 Å². The number of hydrogen-bond donors (Lipinski definition) is 1. The number of carbonyl (C=O) groups excluding carboxylic acids is 1. The van der Waals surface area contributed by atoms with Gasteiger partial charge >= 0.3 is 5.97 Å². The number of benzene rings is 1. The lowest BCUT2D eigenvalue weighted by Crippen LogP contribution is -2.39. The molecule has 180 valence electrons. The largest absolute Gasteiger partial charge is 0.505 e. The summed E-state index contributed by atoms with van der Waals surface area (Å²) < 4.78 is 28.1. The number of rotatable bonds is 6. The Morgan fingerprint density at radius 3 is 2.74 bits per heavy atom. The molecule has 3 aromatic heterocycles. The van der Waals surface area contributed by atoms with Gasteiger partial charge in [-0.2, -0.15) is 0 Å². The summed E-state index contributed by atoms with van der Waals surface area (Å²) in [4.78, 5) is 34.5. The Hall–Kier alpha value is -4.21. The lowest BCUT2D eigenvalue weighted by atomic mass is 10.0. The van der Waals surface area contributed by atoms with Gasteiger partial charge in [0.2, 0.25) is 0 Å². The average Bonchev–Trinajstić information content (AvgIpc) is 3.24. The van der Waals surface area contributed by atoms with E-state index >= 15 is 0 Å². The Morgan fingerprint density at radius 1 is 1.29 bits per heavy atom. The maximum Gasteiger partial charge on any atom is 0.347 e. The average molecular weight is 478 g/mol. The van der Waals surface area contributed by atoms with E-state index in [4.69, 9.17) is 9.47 Å². The van der Waals surface area contributed by atoms with E-state index in [0.717, 1.165) is 11.4 Å². The van der Waals surface area contributed by atoms with Gasteiger partial charge < -0.3 is 19.1 Å². The summed E-state index contributed by atoms with van der Waals surface area (Å²) in [5.41, 5.74) is 0.727. The number of esters is 1. The number of halogens is 1. The summed E-state index contributed by atoms with van der Waals surface area (Å²) in [5, 5.41) is 10.8. The molecule has 0 aliphatic carbocycles. The fraction of sp³-hybridized carbons (Fsp3) is 0.280. The number of carbonyl (C=O) groups is 1. The van der Waals surface area contributed by atoms with Gasteiger partial charge in [0.25, 0.3) is 5.56 Å². The molecule has 0 saturated heterocycles. The second kappa shape index (κ2) is 8.86. The van der Waals surface area contributed by atoms with Gasteiger partial charge in [0.1, 0.15) is 28.8 Å². The Labute approximate surface area is 199 Å². The smallest absolute Gasteiger partial charge is 0.347 e. The highest BCUT2D eigenvalue weighted by molar-refractivity contribution is 6.00. The molecule has 35 heavy (non-hydrogen) atoms. The molecule has 0 unspecified atom stereocenters. The summed E-state index contributed by atoms with van der Waals surface area (Å²) in [7, 11) is 0. The third-order valence-corrected chi connectivity index (χ3v) is 6.05. The molecule has 0 fully saturated rings. The van der Waals surface area contributed by atoms with E-state index in [1.165, 1.54) is 22.9 Å². The third-order valence-electron chi connectivity index (χ3n) is 6.05. The number of imidazole rings is 1. The lowest BCUT2D eigenvalue weighted by Gasteiger charge is -2.30. The number of hydrogen-bond acceptors (Lipinski definition) is 7. The molecule has 1 atom stereocenters. The van der Waals surface area contributed by atoms with Crippen molar-refractivity contribution in [2.24, 2.45) is 0 Å². The molecule has 0 radical (unpaired) electrons. The molecule has 10 heteroatoms. The highest BCUT2D eigenvalue weighted by Gasteiger charge is 2.32. The van der Waals surface area contributed by atoms with Crippen molar-refractivity contribution in [3.63, 3.8) is 0 Å². The number of aryl methyl sites for hydroxylation is 1. The van der Waals surface area contributed by atoms with Crippen LogP contribution in [0.4, 0.5) is 4.39 Å². The van der Waals surface area contributed by atoms with Crippen LogP contribution < -0.4 is 10.3 Å². The van der Waals surface area contributed by atoms with Crippen LogP contribution in [0, 0.1) is 12.7 Å². The van der Waals surface area contributed by atoms with E-state index in [-0.39, 0.29) is 24.5 Å². The molecule has 5 rings (SSSR count). The monoisotopic (exact) mass is 478 g/mol. The molecule has 1 aliphatic heterocycles. The highest BCUT2D eigenvalue weighted by atomic mass is 19.1. The van der Waals surface area contributed by atoms with Crippen molar-refractivity contribution in [2.75, 3.05) is 6.61 Å². The van der Waals surface area contributed by atoms with Gasteiger partial charge in [0.15, 0.2) is 17.1 Å². The first-order valence-corrected chi connectivity index (χ1v) is 11.2. The summed E-state index contributed by atoms with van der Waals surface area (Å²) >= 11 is 0. The van der Waals surface area contributed by atoms with Gasteiger partial charge in [-0.3, -0.25) is 14.3 Å². The Morgan fingerprint density at radius 2 is 2.06 bits per heavy atom. The van der Waals surface area contributed by atoms with Crippen molar-refractivity contribution in [1.82, 2.24) is 19.1 Å². The minimum atomic E-state index is -0.909. The molecule has 1 N–H and O–H groups in total. The van der Waals surface area contributed by atoms with Crippen molar-refractivity contribution >= 4 is 17.0 Å². The number of ether oxygens (including phenoxy) is 2. The van der Waals surface area contributed by atoms with Crippen molar-refractivity contribution in [1.29, 1.82) is 0 Å². The zero-order chi connectivity index (χ0) is 24.7. The summed E-state index contributed by atoms with van der Waals surface area (Å²) in [6.07, 6.45) is 4.93. The van der Waals surface area contributed by atoms with Crippen LogP contribution in [0.25, 0.3) is 11.0 Å². The zero-order valence-electron chi connectivity index (χ0n) is 19.2. The maximum absolute atomic E-state index is 13.4. The SMILES string of the molecule is CCOC(=O)c1c(O)c2ncc(Cc3ccc(F)cc3)c3c2n(c1=O)C[C@@H](Cn1ccnc1C)O3. The van der Waals surface area contributed by atoms with Crippen LogP contribution in [-0.4, -0.2) is 42.9 Å². The standard InChI is InChI=1S/C25H23FN4O5/c1-3-34-25(33)19-22(31)20-21-23(16(11-28-20)10-15-4-6-17(26)7-5-15)35-18(13-30(21)24(19)32)12-29-9-8-27-14(29)2/h4-9,11,18,31H,3,10,12-13H2,1-2H3/t18-/m1/s1. The van der Waals surface area contributed by atoms with Crippen molar-refractivity contribution in [3.05, 3.63) is 81.5 Å². The first kappa shape index (κ1) is 22.6. The van der Waals surface area contributed by atoms with E-state index in [0.29, 0.717) is 29.8 Å². The van der Waals surface area contributed by atoms with Crippen LogP contribution in [0.3, 0.4) is 0 Å². The van der Waals surface area contributed by atoms with Crippen LogP contribution in [-0.2, 0) is 24.2 Å². The molecule has 0 amide bonds. The minimum Gasteiger partial charge on any atom is -0.505 e. The molecule has 1 aromatic carbocycles. The fourth-order valence-corrected chi connectivity index (χ4v) is 4.36. The third kappa shape index (κ3) is 4.01. The van der Waals surface area contributed by atoms with Crippen molar-refractivity contribution in [3.8, 4) is 11.5 Å². The van der Waals surface area contributed by atoms with Crippen LogP contribution in [0.15, 0.2) is 47.7 Å². The predicted molar refractivity (Wildman–Crippen MR) is 124 cm³/mol. The van der Waals surface area contributed by atoms with Gasteiger partial charge in [0.05, 0.1) is 19.7 Å². The first-order valence-electron chi connectivity index (χ1n) is 11.2. The molecule has 0 saturated carbocycles. The highest BCUT2D eigenvalue weighted by Crippen LogP contribution is 2.38. The molecule has 9 nitrogen and oxygen atoms in total. The Kier molecular flexibility index (Phi) is 5.72. The van der Waals surface area contributed by atoms with Crippen LogP contribution in [0.1, 0.15) is 34.2 Å². The van der Waals surface area contributed by atoms with E-state index < -0.39 is 28.9 Å². The van der Waals surface area contributed by atoms with Crippen molar-refractivity contribution in [2.45, 2.75) is 39.5 Å². The van der Waals surface area contributed by atoms with E-state index in [9.17, 15) is 19.1 Å². The van der Waals surface area contributed by atoms with Gasteiger partial charge in [-0.15, -0.1) is 0 Å². The maximum atomic E-state index is 13.4. The number of nitrogens with zero attached hydrogens (tertiary/aromatic N) is 4. The molecule has 4 heterocycles. The molecular formula is C25H23FN4O5. The molecule has 4 aromatic rings. The second-order valence-corrected chi connectivity index (χ2v) is 8.34. The normalized spacial score (nSPS) is 14.7. The molecular weight excluding hydrogens is 455 g/mol. The van der Waals surface area contributed by atoms with E-state index in [1.807, 2.05) is 17.7 Å². The minimum absolute atomic E-state index is 0.0523. The summed E-state index contributed by atoms with van der Waals surface area (Å²) in [5.74, 6) is -0.620. The predicted octanol–water partition coefficient (Wildman–Crippen LogP) is 2.97. The Balaban J connectivity index is 1.67. The molecule has 0 spiro atoms. The topological polar surface area (TPSA) is 108 Å². The van der Waals surface area contributed by atoms with Crippen molar-refractivity contribution < 1.29 is 23.8 Å². The molecule has 0 bridgehead atoms. The quantitative estimate of drug-likeness (QED) is 0.425. The lowest BCUT2D eigenvalue weighted by molar-refractivity contribution is 0.0519. The van der Waals surface area contributed by atoms with E-state index in [2.05, 4.69) is 9.97 Å². The van der Waals surface area contributed by atoms with Gasteiger partial charge in [-0.05, 0) is 31.5 Å². The fourth-order valence-electron chi connectivity index (χ4n) is 4.36. The summed E-state index contributed by atoms with van der Waals surface area (Å²) in [6.45, 7) is 4.08. The van der Waals surface area contributed by atoms with Gasteiger partial charge in [-0.1, -0.05) is 12.1 Å². The number of aromatic hydroxyl groups is 1.